The van der Waals surface area contributed by atoms with Crippen LogP contribution in [0.25, 0.3) is 17.3 Å². The van der Waals surface area contributed by atoms with E-state index in [0.29, 0.717) is 5.92 Å². The van der Waals surface area contributed by atoms with Crippen LogP contribution < -0.4 is 15.9 Å². The predicted molar refractivity (Wildman–Crippen MR) is 109 cm³/mol. The van der Waals surface area contributed by atoms with Crippen molar-refractivity contribution < 1.29 is 0 Å². The van der Waals surface area contributed by atoms with Crippen LogP contribution >= 0.6 is 0 Å². The molecule has 26 heavy (non-hydrogen) atoms. The van der Waals surface area contributed by atoms with Gasteiger partial charge in [0.25, 0.3) is 0 Å². The second-order valence-corrected chi connectivity index (χ2v) is 6.51. The Morgan fingerprint density at radius 3 is 2.85 bits per heavy atom. The summed E-state index contributed by atoms with van der Waals surface area (Å²) in [6.07, 6.45) is 11.8. The highest BCUT2D eigenvalue weighted by Crippen LogP contribution is 2.30. The smallest absolute Gasteiger partial charge is 0.0783 e. The van der Waals surface area contributed by atoms with Crippen LogP contribution in [0.5, 0.6) is 0 Å². The lowest BCUT2D eigenvalue weighted by molar-refractivity contribution is 0.633. The molecule has 2 aliphatic heterocycles. The first-order chi connectivity index (χ1) is 12.9. The van der Waals surface area contributed by atoms with E-state index in [9.17, 15) is 0 Å². The number of aliphatic imine (C=N–C) groups is 2. The minimum absolute atomic E-state index is 0.332. The van der Waals surface area contributed by atoms with E-state index in [1.54, 1.807) is 12.4 Å². The molecule has 1 N–H and O–H groups in total. The van der Waals surface area contributed by atoms with Crippen molar-refractivity contribution >= 4 is 24.3 Å². The van der Waals surface area contributed by atoms with Gasteiger partial charge in [-0.1, -0.05) is 36.4 Å². The third kappa shape index (κ3) is 3.16. The summed E-state index contributed by atoms with van der Waals surface area (Å²) in [5.74, 6) is 0.332. The fourth-order valence-electron chi connectivity index (χ4n) is 3.61. The number of fused-ring (bicyclic) bond motifs is 3. The summed E-state index contributed by atoms with van der Waals surface area (Å²) in [4.78, 5) is 13.8. The summed E-state index contributed by atoms with van der Waals surface area (Å²) >= 11 is 0. The summed E-state index contributed by atoms with van der Waals surface area (Å²) in [6.45, 7) is 1.01. The zero-order chi connectivity index (χ0) is 17.8. The van der Waals surface area contributed by atoms with Crippen LogP contribution in [0, 0.1) is 0 Å². The van der Waals surface area contributed by atoms with Crippen molar-refractivity contribution in [1.82, 2.24) is 5.32 Å². The molecule has 0 amide bonds. The number of benzene rings is 2. The average Bonchev–Trinajstić information content (AvgIpc) is 2.94. The summed E-state index contributed by atoms with van der Waals surface area (Å²) in [6, 6.07) is 12.6. The monoisotopic (exact) mass is 342 g/mol. The van der Waals surface area contributed by atoms with Crippen LogP contribution in [-0.4, -0.2) is 26.0 Å². The number of nitrogens with zero attached hydrogens (tertiary/aromatic N) is 3. The highest BCUT2D eigenvalue weighted by atomic mass is 14.8. The topological polar surface area (TPSA) is 49.1 Å². The van der Waals surface area contributed by atoms with E-state index >= 15 is 0 Å². The molecule has 0 saturated heterocycles. The molecule has 0 bridgehead atoms. The van der Waals surface area contributed by atoms with Crippen molar-refractivity contribution in [2.45, 2.75) is 18.8 Å². The number of nitrogens with one attached hydrogen (secondary N) is 1. The second kappa shape index (κ2) is 7.58. The van der Waals surface area contributed by atoms with Gasteiger partial charge in [-0.05, 0) is 43.6 Å². The van der Waals surface area contributed by atoms with E-state index < -0.39 is 0 Å². The maximum Gasteiger partial charge on any atom is 0.0783 e. The summed E-state index contributed by atoms with van der Waals surface area (Å²) in [5, 5.41) is 5.32. The van der Waals surface area contributed by atoms with Gasteiger partial charge in [0.05, 0.1) is 11.0 Å². The van der Waals surface area contributed by atoms with E-state index in [-0.39, 0.29) is 0 Å². The Hall–Kier alpha value is -2.85. The minimum atomic E-state index is 0.332. The molecule has 0 aromatic heterocycles. The first-order valence-corrected chi connectivity index (χ1v) is 9.06. The number of hydrogen-bond donors (Lipinski definition) is 1. The molecule has 2 aromatic rings. The SMILES string of the molecule is CNCCCC1C=CN=c2cc(-c3ccccc3)c3c(c21)N=CC=NC=3. The van der Waals surface area contributed by atoms with Gasteiger partial charge in [-0.2, -0.15) is 0 Å². The van der Waals surface area contributed by atoms with Gasteiger partial charge in [0.2, 0.25) is 0 Å². The fraction of sp³-hybridized carbons (Fsp3) is 0.227. The molecule has 2 heterocycles. The summed E-state index contributed by atoms with van der Waals surface area (Å²) < 4.78 is 0. The van der Waals surface area contributed by atoms with Crippen molar-refractivity contribution in [3.8, 4) is 11.1 Å². The first kappa shape index (κ1) is 16.6. The molecule has 1 unspecified atom stereocenters. The summed E-state index contributed by atoms with van der Waals surface area (Å²) in [7, 11) is 1.99. The van der Waals surface area contributed by atoms with E-state index in [2.05, 4.69) is 51.7 Å². The maximum atomic E-state index is 4.75. The number of allylic oxidation sites excluding steroid dienone is 1. The lowest BCUT2D eigenvalue weighted by Gasteiger charge is -2.20. The van der Waals surface area contributed by atoms with Crippen molar-refractivity contribution in [2.75, 3.05) is 13.6 Å². The minimum Gasteiger partial charge on any atom is -0.320 e. The van der Waals surface area contributed by atoms with Crippen LogP contribution in [0.4, 0.5) is 5.69 Å². The molecule has 4 heteroatoms. The Morgan fingerprint density at radius 1 is 1.12 bits per heavy atom. The molecule has 0 spiro atoms. The molecule has 4 nitrogen and oxygen atoms in total. The van der Waals surface area contributed by atoms with Gasteiger partial charge in [-0.15, -0.1) is 0 Å². The normalized spacial score (nSPS) is 17.0. The van der Waals surface area contributed by atoms with Gasteiger partial charge < -0.3 is 5.32 Å². The zero-order valence-electron chi connectivity index (χ0n) is 14.9. The number of rotatable bonds is 5. The third-order valence-electron chi connectivity index (χ3n) is 4.85. The van der Waals surface area contributed by atoms with E-state index in [1.807, 2.05) is 25.5 Å². The van der Waals surface area contributed by atoms with Gasteiger partial charge in [-0.3, -0.25) is 15.0 Å². The van der Waals surface area contributed by atoms with Crippen LogP contribution in [-0.2, 0) is 0 Å². The molecular formula is C22H22N4. The largest absolute Gasteiger partial charge is 0.320 e. The maximum absolute atomic E-state index is 4.75. The fourth-order valence-corrected chi connectivity index (χ4v) is 3.61. The lowest BCUT2D eigenvalue weighted by atomic mass is 9.88. The van der Waals surface area contributed by atoms with E-state index in [4.69, 9.17) is 4.99 Å². The van der Waals surface area contributed by atoms with Crippen LogP contribution in [0.2, 0.25) is 0 Å². The molecule has 130 valence electrons. The average molecular weight is 342 g/mol. The van der Waals surface area contributed by atoms with Crippen LogP contribution in [0.15, 0.2) is 63.7 Å². The molecule has 2 aliphatic rings. The molecular weight excluding hydrogens is 320 g/mol. The van der Waals surface area contributed by atoms with Gasteiger partial charge in [0.1, 0.15) is 0 Å². The van der Waals surface area contributed by atoms with Gasteiger partial charge in [0.15, 0.2) is 0 Å². The van der Waals surface area contributed by atoms with Gasteiger partial charge in [0, 0.05) is 41.5 Å². The van der Waals surface area contributed by atoms with Gasteiger partial charge in [-0.25, -0.2) is 0 Å². The molecule has 0 fully saturated rings. The van der Waals surface area contributed by atoms with Crippen molar-refractivity contribution in [2.24, 2.45) is 15.0 Å². The van der Waals surface area contributed by atoms with E-state index in [1.165, 1.54) is 5.56 Å². The Kier molecular flexibility index (Phi) is 4.84. The second-order valence-electron chi connectivity index (χ2n) is 6.51. The number of hydrogen-bond acceptors (Lipinski definition) is 4. The molecule has 0 radical (unpaired) electrons. The molecule has 4 rings (SSSR count). The zero-order valence-corrected chi connectivity index (χ0v) is 14.9. The Morgan fingerprint density at radius 2 is 2.00 bits per heavy atom. The molecule has 2 aromatic carbocycles. The van der Waals surface area contributed by atoms with Gasteiger partial charge >= 0.3 is 0 Å². The summed E-state index contributed by atoms with van der Waals surface area (Å²) in [5.41, 5.74) is 4.51. The standard InChI is InChI=1S/C22H22N4/c1-23-10-5-8-17-9-11-25-20-14-18(16-6-3-2-4-7-16)19-15-24-12-13-26-22(19)21(17)20/h2-4,6-7,9,11-15,17,23H,5,8,10H2,1H3. The van der Waals surface area contributed by atoms with Crippen molar-refractivity contribution in [3.63, 3.8) is 0 Å². The highest BCUT2D eigenvalue weighted by Gasteiger charge is 2.21. The Bertz CT molecular complexity index is 1000. The lowest BCUT2D eigenvalue weighted by Crippen LogP contribution is -2.23. The predicted octanol–water partition coefficient (Wildman–Crippen LogP) is 3.11. The van der Waals surface area contributed by atoms with Crippen LogP contribution in [0.3, 0.4) is 0 Å². The van der Waals surface area contributed by atoms with Crippen molar-refractivity contribution in [3.05, 3.63) is 64.8 Å². The van der Waals surface area contributed by atoms with Crippen LogP contribution in [0.1, 0.15) is 24.3 Å². The quantitative estimate of drug-likeness (QED) is 0.834. The van der Waals surface area contributed by atoms with Crippen molar-refractivity contribution in [1.29, 1.82) is 0 Å². The first-order valence-electron chi connectivity index (χ1n) is 9.06. The molecule has 0 aliphatic carbocycles. The van der Waals surface area contributed by atoms with E-state index in [0.717, 1.165) is 46.8 Å². The molecule has 1 atom stereocenters. The highest BCUT2D eigenvalue weighted by molar-refractivity contribution is 6.18. The third-order valence-corrected chi connectivity index (χ3v) is 4.85. The molecule has 0 saturated carbocycles. The Balaban J connectivity index is 1.92. The Labute approximate surface area is 153 Å².